The molecule has 1 aromatic heterocycles. The van der Waals surface area contributed by atoms with Crippen molar-refractivity contribution in [1.29, 1.82) is 0 Å². The molecule has 1 aromatic rings. The van der Waals surface area contributed by atoms with Crippen LogP contribution in [0.4, 0.5) is 0 Å². The average molecular weight is 350 g/mol. The highest BCUT2D eigenvalue weighted by Crippen LogP contribution is 2.25. The van der Waals surface area contributed by atoms with Crippen LogP contribution in [0.15, 0.2) is 21.2 Å². The van der Waals surface area contributed by atoms with Gasteiger partial charge in [0.1, 0.15) is 0 Å². The lowest BCUT2D eigenvalue weighted by atomic mass is 9.89. The quantitative estimate of drug-likeness (QED) is 0.907. The largest absolute Gasteiger partial charge is 0.380 e. The van der Waals surface area contributed by atoms with Crippen LogP contribution in [0.1, 0.15) is 12.6 Å². The van der Waals surface area contributed by atoms with Crippen molar-refractivity contribution < 1.29 is 4.74 Å². The van der Waals surface area contributed by atoms with Gasteiger partial charge in [-0.05, 0) is 37.9 Å². The van der Waals surface area contributed by atoms with Crippen molar-refractivity contribution in [2.24, 2.45) is 5.41 Å². The third-order valence-electron chi connectivity index (χ3n) is 2.63. The molecule has 5 heteroatoms. The van der Waals surface area contributed by atoms with Crippen molar-refractivity contribution in [3.63, 3.8) is 0 Å². The van der Waals surface area contributed by atoms with Crippen molar-refractivity contribution in [2.45, 2.75) is 13.5 Å². The summed E-state index contributed by atoms with van der Waals surface area (Å²) in [5, 5.41) is 3.42. The number of nitrogens with zero attached hydrogens (tertiary/aromatic N) is 1. The summed E-state index contributed by atoms with van der Waals surface area (Å²) in [6, 6.07) is 2.01. The maximum atomic E-state index is 5.21. The van der Waals surface area contributed by atoms with E-state index in [1.54, 1.807) is 0 Å². The Kier molecular flexibility index (Phi) is 4.00. The molecule has 1 saturated heterocycles. The van der Waals surface area contributed by atoms with Crippen molar-refractivity contribution in [3.8, 4) is 0 Å². The molecule has 0 atom stereocenters. The smallest absolute Gasteiger partial charge is 0.0684 e. The lowest BCUT2D eigenvalue weighted by Crippen LogP contribution is -2.47. The number of ether oxygens (including phenoxy) is 1. The summed E-state index contributed by atoms with van der Waals surface area (Å²) in [5.41, 5.74) is 1.34. The summed E-state index contributed by atoms with van der Waals surface area (Å²) in [6.45, 7) is 5.69. The standard InChI is InChI=1S/C11H14Br2N2O/c1-11(6-16-7-11)5-14-4-10-9(13)2-8(12)3-15-10/h2-3,14H,4-7H2,1H3. The van der Waals surface area contributed by atoms with Gasteiger partial charge in [-0.2, -0.15) is 0 Å². The molecule has 0 bridgehead atoms. The van der Waals surface area contributed by atoms with Gasteiger partial charge >= 0.3 is 0 Å². The van der Waals surface area contributed by atoms with Gasteiger partial charge in [-0.15, -0.1) is 0 Å². The Labute approximate surface area is 112 Å². The molecule has 0 amide bonds. The molecule has 0 radical (unpaired) electrons. The Bertz CT molecular complexity index is 380. The van der Waals surface area contributed by atoms with Gasteiger partial charge in [0.05, 0.1) is 18.9 Å². The van der Waals surface area contributed by atoms with Crippen molar-refractivity contribution in [3.05, 3.63) is 26.9 Å². The average Bonchev–Trinajstić information content (AvgIpc) is 2.19. The van der Waals surface area contributed by atoms with Crippen LogP contribution in [0.25, 0.3) is 0 Å². The van der Waals surface area contributed by atoms with Crippen molar-refractivity contribution >= 4 is 31.9 Å². The van der Waals surface area contributed by atoms with Gasteiger partial charge in [-0.25, -0.2) is 0 Å². The third-order valence-corrected chi connectivity index (χ3v) is 3.75. The van der Waals surface area contributed by atoms with Gasteiger partial charge < -0.3 is 10.1 Å². The molecule has 1 fully saturated rings. The van der Waals surface area contributed by atoms with E-state index in [1.807, 2.05) is 12.3 Å². The first-order chi connectivity index (χ1) is 7.59. The second-order valence-corrected chi connectivity index (χ2v) is 6.26. The predicted octanol–water partition coefficient (Wildman–Crippen LogP) is 2.73. The minimum Gasteiger partial charge on any atom is -0.380 e. The van der Waals surface area contributed by atoms with E-state index >= 15 is 0 Å². The van der Waals surface area contributed by atoms with Gasteiger partial charge in [0, 0.05) is 33.6 Å². The molecule has 0 spiro atoms. The fraction of sp³-hybridized carbons (Fsp3) is 0.545. The first-order valence-electron chi connectivity index (χ1n) is 5.17. The number of hydrogen-bond donors (Lipinski definition) is 1. The monoisotopic (exact) mass is 348 g/mol. The SMILES string of the molecule is CC1(CNCc2ncc(Br)cc2Br)COC1. The molecule has 3 nitrogen and oxygen atoms in total. The van der Waals surface area contributed by atoms with E-state index in [0.717, 1.165) is 40.9 Å². The second-order valence-electron chi connectivity index (χ2n) is 4.49. The molecule has 16 heavy (non-hydrogen) atoms. The minimum absolute atomic E-state index is 0.307. The van der Waals surface area contributed by atoms with Gasteiger partial charge in [0.2, 0.25) is 0 Å². The maximum absolute atomic E-state index is 5.21. The van der Waals surface area contributed by atoms with Crippen LogP contribution >= 0.6 is 31.9 Å². The molecule has 0 aliphatic carbocycles. The molecule has 0 saturated carbocycles. The molecule has 2 rings (SSSR count). The Morgan fingerprint density at radius 3 is 2.81 bits per heavy atom. The Balaban J connectivity index is 1.85. The van der Waals surface area contributed by atoms with Gasteiger partial charge in [0.25, 0.3) is 0 Å². The van der Waals surface area contributed by atoms with Gasteiger partial charge in [-0.1, -0.05) is 6.92 Å². The molecule has 0 aromatic carbocycles. The summed E-state index contributed by atoms with van der Waals surface area (Å²) >= 11 is 6.89. The summed E-state index contributed by atoms with van der Waals surface area (Å²) in [5.74, 6) is 0. The zero-order valence-corrected chi connectivity index (χ0v) is 12.3. The highest BCUT2D eigenvalue weighted by molar-refractivity contribution is 9.11. The van der Waals surface area contributed by atoms with Crippen LogP contribution < -0.4 is 5.32 Å². The van der Waals surface area contributed by atoms with E-state index in [4.69, 9.17) is 4.74 Å². The van der Waals surface area contributed by atoms with E-state index in [-0.39, 0.29) is 0 Å². The first-order valence-corrected chi connectivity index (χ1v) is 6.76. The normalized spacial score (nSPS) is 18.2. The lowest BCUT2D eigenvalue weighted by Gasteiger charge is -2.38. The summed E-state index contributed by atoms with van der Waals surface area (Å²) in [7, 11) is 0. The highest BCUT2D eigenvalue weighted by Gasteiger charge is 2.32. The Morgan fingerprint density at radius 1 is 1.50 bits per heavy atom. The highest BCUT2D eigenvalue weighted by atomic mass is 79.9. The topological polar surface area (TPSA) is 34.2 Å². The van der Waals surface area contributed by atoms with Crippen LogP contribution in [-0.2, 0) is 11.3 Å². The zero-order valence-electron chi connectivity index (χ0n) is 9.09. The van der Waals surface area contributed by atoms with E-state index in [1.165, 1.54) is 0 Å². The Morgan fingerprint density at radius 2 is 2.25 bits per heavy atom. The van der Waals surface area contributed by atoms with E-state index in [0.29, 0.717) is 5.41 Å². The first kappa shape index (κ1) is 12.5. The van der Waals surface area contributed by atoms with Crippen molar-refractivity contribution in [2.75, 3.05) is 19.8 Å². The van der Waals surface area contributed by atoms with Crippen LogP contribution in [0.5, 0.6) is 0 Å². The fourth-order valence-corrected chi connectivity index (χ4v) is 2.74. The van der Waals surface area contributed by atoms with E-state index < -0.39 is 0 Å². The molecular weight excluding hydrogens is 336 g/mol. The summed E-state index contributed by atoms with van der Waals surface area (Å²) < 4.78 is 7.23. The third kappa shape index (κ3) is 3.03. The van der Waals surface area contributed by atoms with Crippen LogP contribution in [0, 0.1) is 5.41 Å². The molecule has 1 aliphatic heterocycles. The molecule has 88 valence electrons. The number of pyridine rings is 1. The number of nitrogens with one attached hydrogen (secondary N) is 1. The molecular formula is C11H14Br2N2O. The number of hydrogen-bond acceptors (Lipinski definition) is 3. The Hall–Kier alpha value is 0.0300. The van der Waals surface area contributed by atoms with E-state index in [9.17, 15) is 0 Å². The minimum atomic E-state index is 0.307. The van der Waals surface area contributed by atoms with Crippen LogP contribution in [0.2, 0.25) is 0 Å². The molecule has 0 unspecified atom stereocenters. The van der Waals surface area contributed by atoms with Crippen molar-refractivity contribution in [1.82, 2.24) is 10.3 Å². The maximum Gasteiger partial charge on any atom is 0.0684 e. The van der Waals surface area contributed by atoms with E-state index in [2.05, 4.69) is 49.1 Å². The second kappa shape index (κ2) is 5.12. The molecule has 1 aliphatic rings. The van der Waals surface area contributed by atoms with Crippen LogP contribution in [-0.4, -0.2) is 24.7 Å². The zero-order chi connectivity index (χ0) is 11.6. The number of halogens is 2. The molecule has 2 heterocycles. The number of rotatable bonds is 4. The van der Waals surface area contributed by atoms with Crippen LogP contribution in [0.3, 0.4) is 0 Å². The molecule has 1 N–H and O–H groups in total. The van der Waals surface area contributed by atoms with Gasteiger partial charge in [-0.3, -0.25) is 4.98 Å². The predicted molar refractivity (Wildman–Crippen MR) is 70.3 cm³/mol. The van der Waals surface area contributed by atoms with Gasteiger partial charge in [0.15, 0.2) is 0 Å². The fourth-order valence-electron chi connectivity index (χ4n) is 1.61. The number of aromatic nitrogens is 1. The summed E-state index contributed by atoms with van der Waals surface area (Å²) in [6.07, 6.45) is 1.82. The lowest BCUT2D eigenvalue weighted by molar-refractivity contribution is -0.0991. The summed E-state index contributed by atoms with van der Waals surface area (Å²) in [4.78, 5) is 4.35.